The number of carbonyl (C=O) groups is 2. The fraction of sp³-hybridized carbons (Fsp3) is 0.300. The van der Waals surface area contributed by atoms with Gasteiger partial charge in [0.1, 0.15) is 11.8 Å². The van der Waals surface area contributed by atoms with Gasteiger partial charge in [0, 0.05) is 39.4 Å². The summed E-state index contributed by atoms with van der Waals surface area (Å²) in [5.41, 5.74) is 3.89. The number of carbonyl (C=O) groups excluding carboxylic acids is 2. The third-order valence-corrected chi connectivity index (χ3v) is 7.88. The molecule has 2 aromatic carbocycles. The van der Waals surface area contributed by atoms with Crippen molar-refractivity contribution in [1.82, 2.24) is 10.3 Å². The molecule has 37 heavy (non-hydrogen) atoms. The molecule has 0 unspecified atom stereocenters. The zero-order chi connectivity index (χ0) is 25.8. The number of aryl methyl sites for hydroxylation is 1. The smallest absolute Gasteiger partial charge is 0.181 e. The highest BCUT2D eigenvalue weighted by molar-refractivity contribution is 7.18. The second kappa shape index (κ2) is 11.2. The van der Waals surface area contributed by atoms with Crippen LogP contribution in [0.3, 0.4) is 0 Å². The van der Waals surface area contributed by atoms with Crippen molar-refractivity contribution in [3.63, 3.8) is 0 Å². The molecule has 0 radical (unpaired) electrons. The van der Waals surface area contributed by atoms with E-state index in [4.69, 9.17) is 9.47 Å². The van der Waals surface area contributed by atoms with Crippen molar-refractivity contribution in [2.24, 2.45) is 0 Å². The number of piperidine rings is 1. The molecule has 4 aromatic rings. The molecule has 0 atom stereocenters. The van der Waals surface area contributed by atoms with Gasteiger partial charge in [0.05, 0.1) is 12.8 Å². The zero-order valence-electron chi connectivity index (χ0n) is 21.1. The predicted molar refractivity (Wildman–Crippen MR) is 147 cm³/mol. The van der Waals surface area contributed by atoms with Gasteiger partial charge in [0.25, 0.3) is 0 Å². The number of ether oxygens (including phenoxy) is 2. The van der Waals surface area contributed by atoms with E-state index < -0.39 is 0 Å². The first-order valence-corrected chi connectivity index (χ1v) is 13.5. The first-order valence-electron chi connectivity index (χ1n) is 12.6. The summed E-state index contributed by atoms with van der Waals surface area (Å²) in [5, 5.41) is 6.54. The monoisotopic (exact) mass is 514 g/mol. The van der Waals surface area contributed by atoms with Crippen molar-refractivity contribution in [3.05, 3.63) is 76.8 Å². The maximum absolute atomic E-state index is 13.0. The third kappa shape index (κ3) is 5.58. The molecule has 5 rings (SSSR count). The van der Waals surface area contributed by atoms with Crippen LogP contribution in [0, 0.1) is 6.92 Å². The van der Waals surface area contributed by atoms with Crippen LogP contribution in [0.15, 0.2) is 60.0 Å². The molecule has 1 aliphatic rings. The maximum Gasteiger partial charge on any atom is 0.181 e. The number of benzene rings is 2. The first kappa shape index (κ1) is 25.1. The third-order valence-electron chi connectivity index (χ3n) is 6.75. The Morgan fingerprint density at radius 2 is 1.78 bits per heavy atom. The minimum atomic E-state index is -0.149. The van der Waals surface area contributed by atoms with E-state index in [1.165, 1.54) is 10.3 Å². The van der Waals surface area contributed by atoms with Crippen molar-refractivity contribution >= 4 is 33.0 Å². The molecule has 2 aromatic heterocycles. The summed E-state index contributed by atoms with van der Waals surface area (Å²) in [6.45, 7) is 3.95. The van der Waals surface area contributed by atoms with E-state index in [1.54, 1.807) is 42.7 Å². The number of ketones is 2. The van der Waals surface area contributed by atoms with Gasteiger partial charge in [0.15, 0.2) is 23.1 Å². The van der Waals surface area contributed by atoms with Gasteiger partial charge in [0.2, 0.25) is 0 Å². The lowest BCUT2D eigenvalue weighted by Gasteiger charge is -2.24. The molecule has 3 heterocycles. The Labute approximate surface area is 220 Å². The van der Waals surface area contributed by atoms with Crippen LogP contribution < -0.4 is 14.8 Å². The fourth-order valence-corrected chi connectivity index (χ4v) is 5.71. The quantitative estimate of drug-likeness (QED) is 0.266. The van der Waals surface area contributed by atoms with Crippen LogP contribution >= 0.6 is 11.3 Å². The Kier molecular flexibility index (Phi) is 7.63. The fourth-order valence-electron chi connectivity index (χ4n) is 4.67. The number of methoxy groups -OCH3 is 1. The summed E-state index contributed by atoms with van der Waals surface area (Å²) in [6, 6.07) is 16.9. The Bertz CT molecular complexity index is 1440. The van der Waals surface area contributed by atoms with Crippen LogP contribution in [0.1, 0.15) is 52.1 Å². The van der Waals surface area contributed by atoms with Crippen LogP contribution in [-0.2, 0) is 0 Å². The number of fused-ring (bicyclic) bond motifs is 1. The van der Waals surface area contributed by atoms with Crippen LogP contribution in [0.2, 0.25) is 0 Å². The highest BCUT2D eigenvalue weighted by Gasteiger charge is 2.19. The number of Topliss-reactive ketones (excluding diaryl/α,β-unsaturated/α-hetero) is 2. The van der Waals surface area contributed by atoms with Crippen molar-refractivity contribution in [2.75, 3.05) is 20.2 Å². The van der Waals surface area contributed by atoms with Gasteiger partial charge < -0.3 is 14.8 Å². The minimum Gasteiger partial charge on any atom is -0.493 e. The summed E-state index contributed by atoms with van der Waals surface area (Å²) in [7, 11) is 1.57. The molecule has 0 saturated carbocycles. The highest BCUT2D eigenvalue weighted by Crippen LogP contribution is 2.35. The normalized spacial score (nSPS) is 14.0. The topological polar surface area (TPSA) is 77.5 Å². The molecule has 0 bridgehead atoms. The molecule has 190 valence electrons. The van der Waals surface area contributed by atoms with Crippen LogP contribution in [0.25, 0.3) is 21.3 Å². The number of aromatic nitrogens is 1. The van der Waals surface area contributed by atoms with Gasteiger partial charge in [-0.05, 0) is 68.8 Å². The summed E-state index contributed by atoms with van der Waals surface area (Å²) in [4.78, 5) is 30.5. The van der Waals surface area contributed by atoms with E-state index in [-0.39, 0.29) is 30.5 Å². The molecule has 1 fully saturated rings. The van der Waals surface area contributed by atoms with E-state index in [0.717, 1.165) is 42.6 Å². The summed E-state index contributed by atoms with van der Waals surface area (Å²) in [5.74, 6) is 0.904. The average molecular weight is 515 g/mol. The van der Waals surface area contributed by atoms with Gasteiger partial charge in [-0.1, -0.05) is 24.3 Å². The van der Waals surface area contributed by atoms with E-state index in [9.17, 15) is 9.59 Å². The Morgan fingerprint density at radius 1 is 1.00 bits per heavy atom. The second-order valence-corrected chi connectivity index (χ2v) is 10.2. The van der Waals surface area contributed by atoms with Crippen LogP contribution in [-0.4, -0.2) is 42.9 Å². The van der Waals surface area contributed by atoms with Crippen molar-refractivity contribution < 1.29 is 19.1 Å². The van der Waals surface area contributed by atoms with Gasteiger partial charge in [-0.25, -0.2) is 4.98 Å². The lowest BCUT2D eigenvalue weighted by Crippen LogP contribution is -2.34. The van der Waals surface area contributed by atoms with E-state index in [1.807, 2.05) is 18.2 Å². The SMILES string of the molecule is COc1cc(C(=O)CCC(=O)c2cccc(-c3csc4c(C)cccc34)n2)ccc1OC1CCNCC1. The first-order chi connectivity index (χ1) is 18.0. The van der Waals surface area contributed by atoms with Gasteiger partial charge in [-0.2, -0.15) is 0 Å². The van der Waals surface area contributed by atoms with Crippen molar-refractivity contribution in [1.29, 1.82) is 0 Å². The average Bonchev–Trinajstić information content (AvgIpc) is 3.38. The van der Waals surface area contributed by atoms with Gasteiger partial charge >= 0.3 is 0 Å². The molecule has 7 heteroatoms. The van der Waals surface area contributed by atoms with Crippen molar-refractivity contribution in [2.45, 2.75) is 38.7 Å². The Hall–Kier alpha value is -3.55. The van der Waals surface area contributed by atoms with E-state index in [2.05, 4.69) is 34.7 Å². The minimum absolute atomic E-state index is 0.0917. The predicted octanol–water partition coefficient (Wildman–Crippen LogP) is 6.26. The van der Waals surface area contributed by atoms with Gasteiger partial charge in [-0.3, -0.25) is 9.59 Å². The lowest BCUT2D eigenvalue weighted by molar-refractivity contribution is 0.0914. The molecule has 6 nitrogen and oxygen atoms in total. The molecular formula is C30H30N2O4S. The lowest BCUT2D eigenvalue weighted by atomic mass is 10.0. The number of pyridine rings is 1. The van der Waals surface area contributed by atoms with E-state index in [0.29, 0.717) is 22.8 Å². The molecule has 0 amide bonds. The van der Waals surface area contributed by atoms with E-state index >= 15 is 0 Å². The Balaban J connectivity index is 1.25. The zero-order valence-corrected chi connectivity index (χ0v) is 21.9. The largest absolute Gasteiger partial charge is 0.493 e. The number of rotatable bonds is 9. The number of hydrogen-bond acceptors (Lipinski definition) is 7. The summed E-state index contributed by atoms with van der Waals surface area (Å²) in [6.07, 6.45) is 2.19. The molecule has 1 saturated heterocycles. The molecule has 0 spiro atoms. The maximum atomic E-state index is 13.0. The Morgan fingerprint density at radius 3 is 2.59 bits per heavy atom. The summed E-state index contributed by atoms with van der Waals surface area (Å²) < 4.78 is 12.8. The number of nitrogens with zero attached hydrogens (tertiary/aromatic N) is 1. The molecule has 0 aliphatic carbocycles. The van der Waals surface area contributed by atoms with Crippen LogP contribution in [0.4, 0.5) is 0 Å². The van der Waals surface area contributed by atoms with Crippen molar-refractivity contribution in [3.8, 4) is 22.8 Å². The highest BCUT2D eigenvalue weighted by atomic mass is 32.1. The summed E-state index contributed by atoms with van der Waals surface area (Å²) >= 11 is 1.68. The van der Waals surface area contributed by atoms with Crippen LogP contribution in [0.5, 0.6) is 11.5 Å². The molecular weight excluding hydrogens is 484 g/mol. The number of hydrogen-bond donors (Lipinski definition) is 1. The second-order valence-electron chi connectivity index (χ2n) is 9.29. The number of thiophene rings is 1. The molecule has 1 N–H and O–H groups in total. The standard InChI is InChI=1S/C30H30N2O4S/c1-19-5-3-6-22-23(18-37-30(19)22)24-7-4-8-25(32-24)27(34)11-10-26(33)20-9-12-28(29(17-20)35-2)36-21-13-15-31-16-14-21/h3-9,12,17-18,21,31H,10-11,13-16H2,1-2H3. The number of nitrogens with one attached hydrogen (secondary N) is 1. The van der Waals surface area contributed by atoms with Gasteiger partial charge in [-0.15, -0.1) is 11.3 Å². The molecule has 1 aliphatic heterocycles.